The van der Waals surface area contributed by atoms with Crippen LogP contribution in [-0.4, -0.2) is 27.0 Å². The largest absolute Gasteiger partial charge is 0.478 e. The summed E-state index contributed by atoms with van der Waals surface area (Å²) in [6.07, 6.45) is 1.36. The van der Waals surface area contributed by atoms with Crippen molar-refractivity contribution < 1.29 is 14.7 Å². The predicted molar refractivity (Wildman–Crippen MR) is 69.7 cm³/mol. The van der Waals surface area contributed by atoms with E-state index >= 15 is 0 Å². The molecule has 0 bridgehead atoms. The lowest BCUT2D eigenvalue weighted by molar-refractivity contribution is 0.0698. The van der Waals surface area contributed by atoms with Gasteiger partial charge in [-0.1, -0.05) is 17.7 Å². The summed E-state index contributed by atoms with van der Waals surface area (Å²) in [5.74, 6) is -1.09. The molecule has 0 spiro atoms. The van der Waals surface area contributed by atoms with Crippen molar-refractivity contribution in [1.82, 2.24) is 9.97 Å². The predicted octanol–water partition coefficient (Wildman–Crippen LogP) is 2.32. The van der Waals surface area contributed by atoms with Crippen LogP contribution in [0.2, 0.25) is 5.02 Å². The quantitative estimate of drug-likeness (QED) is 0.803. The third kappa shape index (κ3) is 2.74. The number of anilines is 1. The van der Waals surface area contributed by atoms with E-state index < -0.39 is 11.9 Å². The lowest BCUT2D eigenvalue weighted by Gasteiger charge is -2.09. The molecular formula is C12H10ClN3O3. The number of para-hydroxylation sites is 1. The molecule has 0 radical (unpaired) electrons. The molecule has 2 aromatic rings. The van der Waals surface area contributed by atoms with Gasteiger partial charge in [0.15, 0.2) is 0 Å². The Morgan fingerprint density at radius 1 is 1.42 bits per heavy atom. The number of nitrogens with zero attached hydrogens (tertiary/aromatic N) is 1. The number of hydrogen-bond donors (Lipinski definition) is 3. The van der Waals surface area contributed by atoms with Gasteiger partial charge in [0.2, 0.25) is 0 Å². The molecule has 0 aliphatic heterocycles. The van der Waals surface area contributed by atoms with Crippen LogP contribution in [0.4, 0.5) is 5.69 Å². The molecule has 3 N–H and O–H groups in total. The van der Waals surface area contributed by atoms with Crippen molar-refractivity contribution in [1.29, 1.82) is 0 Å². The number of rotatable bonds is 3. The van der Waals surface area contributed by atoms with E-state index in [1.54, 1.807) is 6.92 Å². The molecule has 1 heterocycles. The van der Waals surface area contributed by atoms with Crippen LogP contribution in [0.25, 0.3) is 0 Å². The van der Waals surface area contributed by atoms with Gasteiger partial charge >= 0.3 is 5.97 Å². The zero-order valence-electron chi connectivity index (χ0n) is 9.90. The number of carbonyl (C=O) groups is 2. The molecule has 6 nitrogen and oxygen atoms in total. The Labute approximate surface area is 113 Å². The number of H-pyrrole nitrogens is 1. The van der Waals surface area contributed by atoms with Gasteiger partial charge in [-0.15, -0.1) is 0 Å². The van der Waals surface area contributed by atoms with Gasteiger partial charge in [0, 0.05) is 0 Å². The Morgan fingerprint density at radius 3 is 2.74 bits per heavy atom. The molecule has 0 aliphatic carbocycles. The van der Waals surface area contributed by atoms with Gasteiger partial charge in [0.25, 0.3) is 5.91 Å². The third-order valence-corrected chi connectivity index (χ3v) is 2.75. The van der Waals surface area contributed by atoms with Crippen LogP contribution in [0.15, 0.2) is 24.4 Å². The first kappa shape index (κ1) is 13.1. The molecule has 7 heteroatoms. The standard InChI is InChI=1S/C12H10ClN3O3/c1-6-14-5-9(15-6)11(17)16-10-7(12(18)19)3-2-4-8(10)13/h2-5H,1H3,(H,14,15)(H,16,17)(H,18,19). The van der Waals surface area contributed by atoms with E-state index in [0.717, 1.165) is 0 Å². The highest BCUT2D eigenvalue weighted by atomic mass is 35.5. The number of carbonyl (C=O) groups excluding carboxylic acids is 1. The van der Waals surface area contributed by atoms with Crippen molar-refractivity contribution in [2.75, 3.05) is 5.32 Å². The number of aromatic nitrogens is 2. The highest BCUT2D eigenvalue weighted by Gasteiger charge is 2.17. The van der Waals surface area contributed by atoms with Crippen LogP contribution in [0.3, 0.4) is 0 Å². The smallest absolute Gasteiger partial charge is 0.337 e. The molecule has 1 amide bonds. The number of aromatic carboxylic acids is 1. The molecule has 0 saturated heterocycles. The number of hydrogen-bond acceptors (Lipinski definition) is 3. The van der Waals surface area contributed by atoms with Crippen LogP contribution in [-0.2, 0) is 0 Å². The van der Waals surface area contributed by atoms with Crippen molar-refractivity contribution in [3.63, 3.8) is 0 Å². The average molecular weight is 280 g/mol. The fraction of sp³-hybridized carbons (Fsp3) is 0.0833. The summed E-state index contributed by atoms with van der Waals surface area (Å²) >= 11 is 5.91. The Bertz CT molecular complexity index is 651. The number of carboxylic acids is 1. The monoisotopic (exact) mass is 279 g/mol. The summed E-state index contributed by atoms with van der Waals surface area (Å²) < 4.78 is 0. The summed E-state index contributed by atoms with van der Waals surface area (Å²) in [6.45, 7) is 1.70. The molecule has 1 aromatic carbocycles. The minimum Gasteiger partial charge on any atom is -0.478 e. The molecule has 0 aliphatic rings. The van der Waals surface area contributed by atoms with Crippen LogP contribution in [0.1, 0.15) is 26.7 Å². The van der Waals surface area contributed by atoms with Crippen LogP contribution < -0.4 is 5.32 Å². The first-order chi connectivity index (χ1) is 8.99. The number of amides is 1. The van der Waals surface area contributed by atoms with Gasteiger partial charge in [-0.3, -0.25) is 4.79 Å². The summed E-state index contributed by atoms with van der Waals surface area (Å²) in [7, 11) is 0. The zero-order chi connectivity index (χ0) is 14.0. The van der Waals surface area contributed by atoms with E-state index in [1.807, 2.05) is 0 Å². The second-order valence-electron chi connectivity index (χ2n) is 3.80. The van der Waals surface area contributed by atoms with Crippen molar-refractivity contribution in [2.24, 2.45) is 0 Å². The van der Waals surface area contributed by atoms with Gasteiger partial charge in [-0.05, 0) is 19.1 Å². The maximum atomic E-state index is 11.9. The number of carboxylic acid groups (broad SMARTS) is 1. The van der Waals surface area contributed by atoms with Crippen molar-refractivity contribution in [3.8, 4) is 0 Å². The van der Waals surface area contributed by atoms with Gasteiger partial charge in [-0.2, -0.15) is 0 Å². The topological polar surface area (TPSA) is 95.1 Å². The number of halogens is 1. The number of nitrogens with one attached hydrogen (secondary N) is 2. The Morgan fingerprint density at radius 2 is 2.16 bits per heavy atom. The average Bonchev–Trinajstić information content (AvgIpc) is 2.78. The van der Waals surface area contributed by atoms with Gasteiger partial charge in [-0.25, -0.2) is 9.78 Å². The first-order valence-corrected chi connectivity index (χ1v) is 5.71. The Balaban J connectivity index is 2.33. The molecule has 19 heavy (non-hydrogen) atoms. The van der Waals surface area contributed by atoms with Crippen molar-refractivity contribution in [2.45, 2.75) is 6.92 Å². The maximum Gasteiger partial charge on any atom is 0.337 e. The van der Waals surface area contributed by atoms with Crippen molar-refractivity contribution >= 4 is 29.2 Å². The maximum absolute atomic E-state index is 11.9. The highest BCUT2D eigenvalue weighted by Crippen LogP contribution is 2.26. The molecule has 0 fully saturated rings. The third-order valence-electron chi connectivity index (χ3n) is 2.43. The van der Waals surface area contributed by atoms with E-state index in [-0.39, 0.29) is 22.0 Å². The van der Waals surface area contributed by atoms with E-state index in [2.05, 4.69) is 15.3 Å². The van der Waals surface area contributed by atoms with E-state index in [0.29, 0.717) is 5.82 Å². The molecule has 1 aromatic heterocycles. The highest BCUT2D eigenvalue weighted by molar-refractivity contribution is 6.34. The summed E-state index contributed by atoms with van der Waals surface area (Å²) in [4.78, 5) is 29.6. The Hall–Kier alpha value is -2.34. The molecule has 0 unspecified atom stereocenters. The molecule has 98 valence electrons. The van der Waals surface area contributed by atoms with Crippen LogP contribution in [0.5, 0.6) is 0 Å². The number of imidazole rings is 1. The van der Waals surface area contributed by atoms with Crippen LogP contribution in [0, 0.1) is 6.92 Å². The molecular weight excluding hydrogens is 270 g/mol. The van der Waals surface area contributed by atoms with Gasteiger partial charge < -0.3 is 15.4 Å². The van der Waals surface area contributed by atoms with E-state index in [4.69, 9.17) is 16.7 Å². The second-order valence-corrected chi connectivity index (χ2v) is 4.21. The minimum atomic E-state index is -1.17. The Kier molecular flexibility index (Phi) is 3.52. The van der Waals surface area contributed by atoms with Crippen LogP contribution >= 0.6 is 11.6 Å². The normalized spacial score (nSPS) is 10.2. The molecule has 2 rings (SSSR count). The first-order valence-electron chi connectivity index (χ1n) is 5.34. The van der Waals surface area contributed by atoms with E-state index in [1.165, 1.54) is 24.4 Å². The van der Waals surface area contributed by atoms with Gasteiger partial charge in [0.1, 0.15) is 11.5 Å². The number of benzene rings is 1. The van der Waals surface area contributed by atoms with Crippen molar-refractivity contribution in [3.05, 3.63) is 46.5 Å². The summed E-state index contributed by atoms with van der Waals surface area (Å²) in [6, 6.07) is 4.37. The fourth-order valence-electron chi connectivity index (χ4n) is 1.55. The summed E-state index contributed by atoms with van der Waals surface area (Å²) in [5, 5.41) is 11.7. The molecule has 0 atom stereocenters. The van der Waals surface area contributed by atoms with Gasteiger partial charge in [0.05, 0.1) is 22.5 Å². The zero-order valence-corrected chi connectivity index (χ0v) is 10.7. The van der Waals surface area contributed by atoms with E-state index in [9.17, 15) is 9.59 Å². The lowest BCUT2D eigenvalue weighted by Crippen LogP contribution is -2.15. The summed E-state index contributed by atoms with van der Waals surface area (Å²) in [5.41, 5.74) is 0.222. The molecule has 0 saturated carbocycles. The SMILES string of the molecule is Cc1ncc(C(=O)Nc2c(Cl)cccc2C(=O)O)[nH]1. The second kappa shape index (κ2) is 5.11. The number of aryl methyl sites for hydroxylation is 1. The number of aromatic amines is 1. The lowest BCUT2D eigenvalue weighted by atomic mass is 10.1. The minimum absolute atomic E-state index is 0.0638. The fourth-order valence-corrected chi connectivity index (χ4v) is 1.77.